The minimum Gasteiger partial charge on any atom is -0.458 e. The fourth-order valence-electron chi connectivity index (χ4n) is 7.66. The highest BCUT2D eigenvalue weighted by molar-refractivity contribution is 5.92. The van der Waals surface area contributed by atoms with Gasteiger partial charge in [0.05, 0.1) is 0 Å². The Kier molecular flexibility index (Phi) is 4.01. The van der Waals surface area contributed by atoms with Crippen molar-refractivity contribution in [3.05, 3.63) is 23.3 Å². The highest BCUT2D eigenvalue weighted by Crippen LogP contribution is 2.68. The average Bonchev–Trinajstić information content (AvgIpc) is 3.18. The summed E-state index contributed by atoms with van der Waals surface area (Å²) in [4.78, 5) is 24.2. The summed E-state index contributed by atoms with van der Waals surface area (Å²) in [6, 6.07) is 0. The molecule has 0 N–H and O–H groups in total. The van der Waals surface area contributed by atoms with E-state index in [4.69, 9.17) is 9.47 Å². The van der Waals surface area contributed by atoms with Crippen LogP contribution in [-0.2, 0) is 19.1 Å². The van der Waals surface area contributed by atoms with Gasteiger partial charge in [0.2, 0.25) is 0 Å². The van der Waals surface area contributed by atoms with Crippen molar-refractivity contribution in [3.63, 3.8) is 0 Å². The number of carbonyl (C=O) groups is 2. The lowest BCUT2D eigenvalue weighted by atomic mass is 9.48. The minimum atomic E-state index is -0.270. The summed E-state index contributed by atoms with van der Waals surface area (Å²) < 4.78 is 11.7. The molecule has 0 aromatic rings. The lowest BCUT2D eigenvalue weighted by molar-refractivity contribution is -0.161. The van der Waals surface area contributed by atoms with Gasteiger partial charge in [-0.25, -0.2) is 0 Å². The Morgan fingerprint density at radius 3 is 2.71 bits per heavy atom. The third-order valence-corrected chi connectivity index (χ3v) is 9.22. The normalized spacial score (nSPS) is 47.2. The van der Waals surface area contributed by atoms with E-state index >= 15 is 0 Å². The molecule has 4 aliphatic carbocycles. The molecule has 0 bridgehead atoms. The van der Waals surface area contributed by atoms with Crippen molar-refractivity contribution < 1.29 is 19.1 Å². The number of ketones is 1. The van der Waals surface area contributed by atoms with E-state index < -0.39 is 0 Å². The lowest BCUT2D eigenvalue weighted by Crippen LogP contribution is -2.53. The number of esters is 1. The maximum atomic E-state index is 12.1. The first kappa shape index (κ1) is 18.6. The zero-order chi connectivity index (χ0) is 19.7. The third kappa shape index (κ3) is 2.27. The fourth-order valence-corrected chi connectivity index (χ4v) is 7.66. The number of methoxy groups -OCH3 is 1. The Labute approximate surface area is 167 Å². The van der Waals surface area contributed by atoms with Crippen LogP contribution in [0.2, 0.25) is 0 Å². The van der Waals surface area contributed by atoms with Crippen LogP contribution in [-0.4, -0.2) is 31.1 Å². The molecule has 1 heterocycles. The monoisotopic (exact) mass is 384 g/mol. The smallest absolute Gasteiger partial charge is 0.306 e. The number of carbonyl (C=O) groups excluding carboxylic acids is 2. The number of hydrogen-bond donors (Lipinski definition) is 0. The summed E-state index contributed by atoms with van der Waals surface area (Å²) in [5.74, 6) is 1.65. The van der Waals surface area contributed by atoms with Crippen molar-refractivity contribution in [1.29, 1.82) is 0 Å². The van der Waals surface area contributed by atoms with Crippen LogP contribution in [0.4, 0.5) is 0 Å². The first-order chi connectivity index (χ1) is 13.3. The van der Waals surface area contributed by atoms with E-state index in [-0.39, 0.29) is 28.2 Å². The van der Waals surface area contributed by atoms with Gasteiger partial charge in [-0.15, -0.1) is 0 Å². The zero-order valence-corrected chi connectivity index (χ0v) is 17.4. The van der Waals surface area contributed by atoms with E-state index in [2.05, 4.69) is 19.9 Å². The minimum absolute atomic E-state index is 0.0153. The molecule has 3 fully saturated rings. The van der Waals surface area contributed by atoms with Crippen LogP contribution in [0.15, 0.2) is 23.3 Å². The molecule has 6 atom stereocenters. The lowest BCUT2D eigenvalue weighted by Gasteiger charge is -2.57. The molecule has 1 spiro atoms. The summed E-state index contributed by atoms with van der Waals surface area (Å²) in [6.45, 7) is 5.46. The van der Waals surface area contributed by atoms with Gasteiger partial charge in [0.1, 0.15) is 5.60 Å². The molecule has 4 nitrogen and oxygen atoms in total. The second-order valence-corrected chi connectivity index (χ2v) is 10.3. The van der Waals surface area contributed by atoms with E-state index in [1.54, 1.807) is 12.7 Å². The van der Waals surface area contributed by atoms with Crippen molar-refractivity contribution in [2.24, 2.45) is 28.6 Å². The quantitative estimate of drug-likeness (QED) is 0.523. The number of hydrogen-bond acceptors (Lipinski definition) is 4. The summed E-state index contributed by atoms with van der Waals surface area (Å²) in [6.07, 6.45) is 11.5. The average molecular weight is 385 g/mol. The number of allylic oxidation sites excluding steroid dienone is 4. The predicted molar refractivity (Wildman–Crippen MR) is 105 cm³/mol. The molecular weight excluding hydrogens is 352 g/mol. The van der Waals surface area contributed by atoms with Crippen LogP contribution in [0.25, 0.3) is 0 Å². The predicted octanol–water partition coefficient (Wildman–Crippen LogP) is 4.39. The highest BCUT2D eigenvalue weighted by atomic mass is 16.6. The van der Waals surface area contributed by atoms with Crippen molar-refractivity contribution >= 4 is 11.8 Å². The van der Waals surface area contributed by atoms with Crippen LogP contribution in [0.5, 0.6) is 0 Å². The van der Waals surface area contributed by atoms with E-state index in [1.165, 1.54) is 5.57 Å². The highest BCUT2D eigenvalue weighted by Gasteiger charge is 2.66. The van der Waals surface area contributed by atoms with E-state index in [0.29, 0.717) is 30.6 Å². The molecule has 0 aromatic heterocycles. The van der Waals surface area contributed by atoms with Crippen LogP contribution in [0.3, 0.4) is 0 Å². The fraction of sp³-hybridized carbons (Fsp3) is 0.750. The van der Waals surface area contributed by atoms with Gasteiger partial charge in [-0.3, -0.25) is 9.59 Å². The zero-order valence-electron chi connectivity index (χ0n) is 17.4. The molecule has 5 aliphatic rings. The molecular formula is C24H32O4. The maximum Gasteiger partial charge on any atom is 0.306 e. The van der Waals surface area contributed by atoms with Gasteiger partial charge in [-0.05, 0) is 62.4 Å². The molecule has 28 heavy (non-hydrogen) atoms. The van der Waals surface area contributed by atoms with Crippen molar-refractivity contribution in [2.75, 3.05) is 13.7 Å². The molecule has 152 valence electrons. The Balaban J connectivity index is 1.60. The summed E-state index contributed by atoms with van der Waals surface area (Å²) in [5, 5.41) is 0. The SMILES string of the molecule is COC[C@@H]1CC2=CC(=O)CC[C@]2(C)C2=CC[C@@]3(C)C(CC[C@@]34CCC(=O)O4)C21. The molecule has 0 aromatic carbocycles. The largest absolute Gasteiger partial charge is 0.458 e. The second kappa shape index (κ2) is 6.04. The molecule has 0 radical (unpaired) electrons. The standard InChI is InChI=1S/C24H32O4/c1-22-8-4-17(25)13-16(22)12-15(14-27-3)21-18(22)5-9-23(2)19(21)6-10-24(23)11-7-20(26)28-24/h5,13,15,19,21H,4,6-12,14H2,1-3H3/t15-,19?,21?,22-,23-,24+/m0/s1. The molecule has 0 amide bonds. The van der Waals surface area contributed by atoms with Gasteiger partial charge in [0.15, 0.2) is 5.78 Å². The number of fused-ring (bicyclic) bond motifs is 6. The molecule has 4 heteroatoms. The first-order valence-electron chi connectivity index (χ1n) is 11.0. The Morgan fingerprint density at radius 2 is 2.00 bits per heavy atom. The van der Waals surface area contributed by atoms with E-state index in [0.717, 1.165) is 45.1 Å². The molecule has 5 rings (SSSR count). The van der Waals surface area contributed by atoms with E-state index in [1.807, 2.05) is 6.08 Å². The summed E-state index contributed by atoms with van der Waals surface area (Å²) in [7, 11) is 1.79. The van der Waals surface area contributed by atoms with Crippen LogP contribution in [0.1, 0.15) is 65.2 Å². The second-order valence-electron chi connectivity index (χ2n) is 10.3. The third-order valence-electron chi connectivity index (χ3n) is 9.22. The maximum absolute atomic E-state index is 12.1. The van der Waals surface area contributed by atoms with Crippen LogP contribution < -0.4 is 0 Å². The topological polar surface area (TPSA) is 52.6 Å². The molecule has 1 aliphatic heterocycles. The van der Waals surface area contributed by atoms with Gasteiger partial charge in [-0.2, -0.15) is 0 Å². The van der Waals surface area contributed by atoms with Gasteiger partial charge in [-0.1, -0.05) is 31.1 Å². The Bertz CT molecular complexity index is 794. The first-order valence-corrected chi connectivity index (χ1v) is 11.0. The van der Waals surface area contributed by atoms with Gasteiger partial charge < -0.3 is 9.47 Å². The van der Waals surface area contributed by atoms with Crippen LogP contribution >= 0.6 is 0 Å². The summed E-state index contributed by atoms with van der Waals surface area (Å²) in [5.41, 5.74) is 2.63. The Morgan fingerprint density at radius 1 is 1.18 bits per heavy atom. The van der Waals surface area contributed by atoms with E-state index in [9.17, 15) is 9.59 Å². The summed E-state index contributed by atoms with van der Waals surface area (Å²) >= 11 is 0. The van der Waals surface area contributed by atoms with Crippen LogP contribution in [0, 0.1) is 28.6 Å². The van der Waals surface area contributed by atoms with Crippen molar-refractivity contribution in [3.8, 4) is 0 Å². The van der Waals surface area contributed by atoms with Gasteiger partial charge in [0.25, 0.3) is 0 Å². The molecule has 2 unspecified atom stereocenters. The van der Waals surface area contributed by atoms with Crippen molar-refractivity contribution in [2.45, 2.75) is 70.8 Å². The molecule has 1 saturated heterocycles. The van der Waals surface area contributed by atoms with Gasteiger partial charge >= 0.3 is 5.97 Å². The number of ether oxygens (including phenoxy) is 2. The number of rotatable bonds is 2. The van der Waals surface area contributed by atoms with Crippen molar-refractivity contribution in [1.82, 2.24) is 0 Å². The Hall–Kier alpha value is -1.42. The molecule has 2 saturated carbocycles. The van der Waals surface area contributed by atoms with Gasteiger partial charge in [0, 0.05) is 37.4 Å².